The Morgan fingerprint density at radius 1 is 1.16 bits per heavy atom. The number of nitrogens with zero attached hydrogens (tertiary/aromatic N) is 1. The molecule has 1 N–H and O–H groups in total. The first-order chi connectivity index (χ1) is 12.0. The third-order valence-corrected chi connectivity index (χ3v) is 4.52. The van der Waals surface area contributed by atoms with Crippen molar-refractivity contribution in [3.8, 4) is 5.75 Å². The van der Waals surface area contributed by atoms with Gasteiger partial charge in [-0.15, -0.1) is 0 Å². The van der Waals surface area contributed by atoms with Gasteiger partial charge in [0.15, 0.2) is 0 Å². The van der Waals surface area contributed by atoms with Gasteiger partial charge in [-0.05, 0) is 36.6 Å². The summed E-state index contributed by atoms with van der Waals surface area (Å²) in [6.07, 6.45) is -2.29. The summed E-state index contributed by atoms with van der Waals surface area (Å²) in [5.74, 6) is 0.455. The molecule has 134 valence electrons. The molecule has 6 heteroatoms. The molecule has 0 saturated carbocycles. The number of halogens is 3. The number of hydrogen-bond donors (Lipinski definition) is 1. The average molecular weight is 350 g/mol. The normalized spacial score (nSPS) is 18.5. The Bertz CT molecular complexity index is 704. The van der Waals surface area contributed by atoms with Crippen molar-refractivity contribution < 1.29 is 17.9 Å². The number of hydrazine groups is 1. The van der Waals surface area contributed by atoms with Gasteiger partial charge < -0.3 is 4.74 Å². The van der Waals surface area contributed by atoms with E-state index in [-0.39, 0.29) is 12.6 Å². The van der Waals surface area contributed by atoms with Crippen LogP contribution in [-0.2, 0) is 12.7 Å². The molecule has 0 amide bonds. The van der Waals surface area contributed by atoms with E-state index in [0.717, 1.165) is 31.5 Å². The third-order valence-electron chi connectivity index (χ3n) is 4.52. The maximum atomic E-state index is 13.0. The maximum Gasteiger partial charge on any atom is 0.416 e. The Labute approximate surface area is 145 Å². The number of nitrogens with one attached hydrogen (secondary N) is 1. The summed E-state index contributed by atoms with van der Waals surface area (Å²) in [5, 5.41) is 2.11. The smallest absolute Gasteiger partial charge is 0.416 e. The largest absolute Gasteiger partial charge is 0.496 e. The van der Waals surface area contributed by atoms with Crippen LogP contribution >= 0.6 is 0 Å². The van der Waals surface area contributed by atoms with Crippen LogP contribution in [0.5, 0.6) is 5.75 Å². The summed E-state index contributed by atoms with van der Waals surface area (Å²) < 4.78 is 44.1. The van der Waals surface area contributed by atoms with Crippen LogP contribution in [0.3, 0.4) is 0 Å². The molecular weight excluding hydrogens is 329 g/mol. The van der Waals surface area contributed by atoms with E-state index in [9.17, 15) is 13.2 Å². The molecule has 3 rings (SSSR count). The lowest BCUT2D eigenvalue weighted by molar-refractivity contribution is -0.137. The van der Waals surface area contributed by atoms with E-state index in [1.807, 2.05) is 18.2 Å². The molecule has 1 unspecified atom stereocenters. The van der Waals surface area contributed by atoms with Gasteiger partial charge in [-0.25, -0.2) is 5.01 Å². The summed E-state index contributed by atoms with van der Waals surface area (Å²) in [5.41, 5.74) is 4.33. The molecule has 1 heterocycles. The van der Waals surface area contributed by atoms with Crippen LogP contribution in [0.2, 0.25) is 0 Å². The van der Waals surface area contributed by atoms with Gasteiger partial charge >= 0.3 is 6.18 Å². The molecule has 1 atom stereocenters. The van der Waals surface area contributed by atoms with Gasteiger partial charge in [0.2, 0.25) is 0 Å². The minimum Gasteiger partial charge on any atom is -0.496 e. The SMILES string of the molecule is COc1ccc(C(F)(F)F)cc1CNN1CCCC1c1ccccc1. The summed E-state index contributed by atoms with van der Waals surface area (Å²) in [4.78, 5) is 0. The summed E-state index contributed by atoms with van der Waals surface area (Å²) in [6.45, 7) is 1.15. The van der Waals surface area contributed by atoms with E-state index in [4.69, 9.17) is 4.74 Å². The molecule has 2 aromatic rings. The Morgan fingerprint density at radius 2 is 1.92 bits per heavy atom. The molecular formula is C19H21F3N2O. The lowest BCUT2D eigenvalue weighted by atomic mass is 10.1. The highest BCUT2D eigenvalue weighted by atomic mass is 19.4. The molecule has 0 spiro atoms. The molecule has 2 aromatic carbocycles. The van der Waals surface area contributed by atoms with Crippen molar-refractivity contribution in [3.05, 3.63) is 65.2 Å². The number of rotatable bonds is 5. The molecule has 1 saturated heterocycles. The van der Waals surface area contributed by atoms with Gasteiger partial charge in [0, 0.05) is 24.7 Å². The minimum atomic E-state index is -4.36. The van der Waals surface area contributed by atoms with Crippen molar-refractivity contribution in [2.45, 2.75) is 31.6 Å². The Hall–Kier alpha value is -2.05. The second-order valence-corrected chi connectivity index (χ2v) is 6.12. The van der Waals surface area contributed by atoms with E-state index in [1.165, 1.54) is 18.7 Å². The number of methoxy groups -OCH3 is 1. The van der Waals surface area contributed by atoms with Crippen LogP contribution in [0.4, 0.5) is 13.2 Å². The zero-order valence-corrected chi connectivity index (χ0v) is 14.0. The first-order valence-electron chi connectivity index (χ1n) is 8.28. The number of hydrogen-bond acceptors (Lipinski definition) is 3. The van der Waals surface area contributed by atoms with Crippen molar-refractivity contribution >= 4 is 0 Å². The topological polar surface area (TPSA) is 24.5 Å². The second-order valence-electron chi connectivity index (χ2n) is 6.12. The van der Waals surface area contributed by atoms with E-state index < -0.39 is 11.7 Å². The van der Waals surface area contributed by atoms with Gasteiger partial charge in [-0.2, -0.15) is 13.2 Å². The predicted molar refractivity (Wildman–Crippen MR) is 90.0 cm³/mol. The van der Waals surface area contributed by atoms with Crippen LogP contribution in [-0.4, -0.2) is 18.7 Å². The highest BCUT2D eigenvalue weighted by molar-refractivity contribution is 5.38. The van der Waals surface area contributed by atoms with Crippen LogP contribution in [0.25, 0.3) is 0 Å². The van der Waals surface area contributed by atoms with Crippen LogP contribution in [0.1, 0.15) is 35.6 Å². The van der Waals surface area contributed by atoms with E-state index in [1.54, 1.807) is 0 Å². The van der Waals surface area contributed by atoms with Gasteiger partial charge in [0.1, 0.15) is 5.75 Å². The molecule has 0 radical (unpaired) electrons. The van der Waals surface area contributed by atoms with Crippen molar-refractivity contribution in [1.82, 2.24) is 10.4 Å². The molecule has 0 aromatic heterocycles. The Morgan fingerprint density at radius 3 is 2.60 bits per heavy atom. The third kappa shape index (κ3) is 4.14. The summed E-state index contributed by atoms with van der Waals surface area (Å²) >= 11 is 0. The molecule has 1 aliphatic rings. The zero-order valence-electron chi connectivity index (χ0n) is 14.0. The molecule has 1 fully saturated rings. The molecule has 3 nitrogen and oxygen atoms in total. The van der Waals surface area contributed by atoms with Crippen LogP contribution < -0.4 is 10.2 Å². The van der Waals surface area contributed by atoms with E-state index in [2.05, 4.69) is 22.6 Å². The summed E-state index contributed by atoms with van der Waals surface area (Å²) in [6, 6.07) is 13.9. The lowest BCUT2D eigenvalue weighted by Crippen LogP contribution is -2.37. The second kappa shape index (κ2) is 7.45. The fourth-order valence-electron chi connectivity index (χ4n) is 3.26. The lowest BCUT2D eigenvalue weighted by Gasteiger charge is -2.26. The number of alkyl halides is 3. The monoisotopic (exact) mass is 350 g/mol. The number of ether oxygens (including phenoxy) is 1. The van der Waals surface area contributed by atoms with Crippen LogP contribution in [0.15, 0.2) is 48.5 Å². The molecule has 25 heavy (non-hydrogen) atoms. The van der Waals surface area contributed by atoms with Crippen molar-refractivity contribution in [3.63, 3.8) is 0 Å². The maximum absolute atomic E-state index is 13.0. The summed E-state index contributed by atoms with van der Waals surface area (Å²) in [7, 11) is 1.47. The quantitative estimate of drug-likeness (QED) is 0.856. The highest BCUT2D eigenvalue weighted by Gasteiger charge is 2.31. The standard InChI is InChI=1S/C19H21F3N2O/c1-25-18-10-9-16(19(20,21)22)12-15(18)13-23-24-11-5-8-17(24)14-6-3-2-4-7-14/h2-4,6-7,9-10,12,17,23H,5,8,11,13H2,1H3. The van der Waals surface area contributed by atoms with Crippen LogP contribution in [0, 0.1) is 0 Å². The Balaban J connectivity index is 1.74. The first kappa shape index (κ1) is 17.8. The predicted octanol–water partition coefficient (Wildman–Crippen LogP) is 4.56. The molecule has 1 aliphatic heterocycles. The molecule has 0 aliphatic carbocycles. The average Bonchev–Trinajstić information content (AvgIpc) is 3.08. The van der Waals surface area contributed by atoms with Gasteiger partial charge in [-0.1, -0.05) is 30.3 Å². The van der Waals surface area contributed by atoms with Gasteiger partial charge in [-0.3, -0.25) is 5.43 Å². The number of benzene rings is 2. The minimum absolute atomic E-state index is 0.234. The Kier molecular flexibility index (Phi) is 5.30. The fraction of sp³-hybridized carbons (Fsp3) is 0.368. The molecule has 0 bridgehead atoms. The zero-order chi connectivity index (χ0) is 17.9. The van der Waals surface area contributed by atoms with Crippen molar-refractivity contribution in [2.75, 3.05) is 13.7 Å². The highest BCUT2D eigenvalue weighted by Crippen LogP contribution is 2.33. The van der Waals surface area contributed by atoms with E-state index >= 15 is 0 Å². The van der Waals surface area contributed by atoms with Gasteiger partial charge in [0.25, 0.3) is 0 Å². The van der Waals surface area contributed by atoms with E-state index in [0.29, 0.717) is 11.3 Å². The van der Waals surface area contributed by atoms with Gasteiger partial charge in [0.05, 0.1) is 12.7 Å². The van der Waals surface area contributed by atoms with Crippen molar-refractivity contribution in [1.29, 1.82) is 0 Å². The first-order valence-corrected chi connectivity index (χ1v) is 8.28. The fourth-order valence-corrected chi connectivity index (χ4v) is 3.26. The van der Waals surface area contributed by atoms with Crippen molar-refractivity contribution in [2.24, 2.45) is 0 Å².